The third-order valence-corrected chi connectivity index (χ3v) is 8.08. The standard InChI is InChI=1S/C37H25N/c1-2-9-29-28(8-1)27(25-16-14-24(15-17-25)26-7-6-22-38-23-26)18-19-32(29)33-20-21-36-31-11-4-3-10-30(31)34-12-5-13-35(33)37(34)36/h1-21,23,38H,22H2. The van der Waals surface area contributed by atoms with E-state index in [1.165, 1.54) is 77.2 Å². The Kier molecular flexibility index (Phi) is 4.65. The van der Waals surface area contributed by atoms with Crippen molar-refractivity contribution < 1.29 is 0 Å². The molecule has 1 heteroatoms. The molecule has 0 fully saturated rings. The van der Waals surface area contributed by atoms with Crippen molar-refractivity contribution in [1.82, 2.24) is 5.32 Å². The summed E-state index contributed by atoms with van der Waals surface area (Å²) in [6, 6.07) is 42.6. The van der Waals surface area contributed by atoms with Gasteiger partial charge in [-0.1, -0.05) is 127 Å². The summed E-state index contributed by atoms with van der Waals surface area (Å²) < 4.78 is 0. The van der Waals surface area contributed by atoms with Crippen LogP contribution in [0.15, 0.2) is 134 Å². The fraction of sp³-hybridized carbons (Fsp3) is 0.0270. The van der Waals surface area contributed by atoms with Gasteiger partial charge in [0, 0.05) is 12.7 Å². The SMILES string of the molecule is C1=CC(c2ccc(-c3ccc(-c4ccc5c6c(cccc46)-c4ccccc4-5)c4ccccc34)cc2)=CNC1. The first-order chi connectivity index (χ1) is 18.9. The first-order valence-corrected chi connectivity index (χ1v) is 13.3. The summed E-state index contributed by atoms with van der Waals surface area (Å²) in [5.41, 5.74) is 12.9. The van der Waals surface area contributed by atoms with Gasteiger partial charge in [0.25, 0.3) is 0 Å². The smallest absolute Gasteiger partial charge is 0.0328 e. The van der Waals surface area contributed by atoms with Crippen LogP contribution in [0.5, 0.6) is 0 Å². The van der Waals surface area contributed by atoms with Gasteiger partial charge in [-0.15, -0.1) is 0 Å². The van der Waals surface area contributed by atoms with Crippen LogP contribution in [0.25, 0.3) is 71.6 Å². The van der Waals surface area contributed by atoms with Gasteiger partial charge in [0.15, 0.2) is 0 Å². The molecule has 2 aliphatic rings. The first kappa shape index (κ1) is 21.2. The van der Waals surface area contributed by atoms with E-state index in [0.717, 1.165) is 6.54 Å². The first-order valence-electron chi connectivity index (χ1n) is 13.3. The molecule has 0 unspecified atom stereocenters. The molecular weight excluding hydrogens is 458 g/mol. The maximum Gasteiger partial charge on any atom is 0.0328 e. The highest BCUT2D eigenvalue weighted by atomic mass is 14.8. The van der Waals surface area contributed by atoms with E-state index in [4.69, 9.17) is 0 Å². The van der Waals surface area contributed by atoms with Crippen LogP contribution >= 0.6 is 0 Å². The minimum Gasteiger partial charge on any atom is -0.387 e. The average Bonchev–Trinajstić information content (AvgIpc) is 3.33. The molecule has 0 atom stereocenters. The van der Waals surface area contributed by atoms with Gasteiger partial charge >= 0.3 is 0 Å². The highest BCUT2D eigenvalue weighted by Crippen LogP contribution is 2.50. The quantitative estimate of drug-likeness (QED) is 0.264. The zero-order valence-corrected chi connectivity index (χ0v) is 20.9. The predicted octanol–water partition coefficient (Wildman–Crippen LogP) is 9.47. The van der Waals surface area contributed by atoms with Gasteiger partial charge in [0.1, 0.15) is 0 Å². The van der Waals surface area contributed by atoms with Crippen molar-refractivity contribution in [2.45, 2.75) is 0 Å². The molecule has 1 nitrogen and oxygen atoms in total. The summed E-state index contributed by atoms with van der Waals surface area (Å²) in [7, 11) is 0. The molecule has 8 rings (SSSR count). The van der Waals surface area contributed by atoms with Crippen LogP contribution < -0.4 is 5.32 Å². The van der Waals surface area contributed by atoms with Crippen molar-refractivity contribution in [3.05, 3.63) is 139 Å². The van der Waals surface area contributed by atoms with Gasteiger partial charge in [-0.2, -0.15) is 0 Å². The Labute approximate surface area is 222 Å². The molecule has 1 heterocycles. The van der Waals surface area contributed by atoms with Gasteiger partial charge in [0.2, 0.25) is 0 Å². The van der Waals surface area contributed by atoms with E-state index in [-0.39, 0.29) is 0 Å². The largest absolute Gasteiger partial charge is 0.387 e. The summed E-state index contributed by atoms with van der Waals surface area (Å²) >= 11 is 0. The number of rotatable bonds is 3. The minimum absolute atomic E-state index is 0.895. The van der Waals surface area contributed by atoms with Crippen molar-refractivity contribution in [3.8, 4) is 44.5 Å². The van der Waals surface area contributed by atoms with E-state index >= 15 is 0 Å². The van der Waals surface area contributed by atoms with Gasteiger partial charge in [-0.25, -0.2) is 0 Å². The Bertz CT molecular complexity index is 1920. The van der Waals surface area contributed by atoms with Gasteiger partial charge in [-0.05, 0) is 77.2 Å². The van der Waals surface area contributed by atoms with E-state index in [1.54, 1.807) is 0 Å². The molecule has 178 valence electrons. The van der Waals surface area contributed by atoms with E-state index in [2.05, 4.69) is 139 Å². The Morgan fingerprint density at radius 2 is 0.974 bits per heavy atom. The second-order valence-corrected chi connectivity index (χ2v) is 10.1. The van der Waals surface area contributed by atoms with Crippen LogP contribution in [-0.4, -0.2) is 6.54 Å². The second-order valence-electron chi connectivity index (χ2n) is 10.1. The Hall–Kier alpha value is -4.88. The predicted molar refractivity (Wildman–Crippen MR) is 162 cm³/mol. The number of allylic oxidation sites excluding steroid dienone is 2. The van der Waals surface area contributed by atoms with Crippen molar-refractivity contribution in [2.75, 3.05) is 6.54 Å². The maximum atomic E-state index is 3.31. The molecular formula is C37H25N. The van der Waals surface area contributed by atoms with Crippen LogP contribution in [-0.2, 0) is 0 Å². The lowest BCUT2D eigenvalue weighted by atomic mass is 9.88. The molecule has 0 bridgehead atoms. The molecule has 1 aliphatic heterocycles. The van der Waals surface area contributed by atoms with Gasteiger partial charge in [-0.3, -0.25) is 0 Å². The van der Waals surface area contributed by atoms with E-state index in [0.29, 0.717) is 0 Å². The Balaban J connectivity index is 1.29. The lowest BCUT2D eigenvalue weighted by Gasteiger charge is -2.15. The summed E-state index contributed by atoms with van der Waals surface area (Å²) in [4.78, 5) is 0. The summed E-state index contributed by atoms with van der Waals surface area (Å²) in [5, 5.41) is 8.56. The molecule has 1 N–H and O–H groups in total. The van der Waals surface area contributed by atoms with Crippen molar-refractivity contribution in [3.63, 3.8) is 0 Å². The Morgan fingerprint density at radius 1 is 0.421 bits per heavy atom. The topological polar surface area (TPSA) is 12.0 Å². The van der Waals surface area contributed by atoms with E-state index in [9.17, 15) is 0 Å². The van der Waals surface area contributed by atoms with Crippen LogP contribution in [0.2, 0.25) is 0 Å². The van der Waals surface area contributed by atoms with E-state index in [1.807, 2.05) is 0 Å². The number of fused-ring (bicyclic) bond motifs is 4. The van der Waals surface area contributed by atoms with Gasteiger partial charge < -0.3 is 5.32 Å². The monoisotopic (exact) mass is 483 g/mol. The van der Waals surface area contributed by atoms with Crippen LogP contribution in [0.1, 0.15) is 5.56 Å². The number of benzene rings is 6. The highest BCUT2D eigenvalue weighted by molar-refractivity contribution is 6.20. The lowest BCUT2D eigenvalue weighted by molar-refractivity contribution is 0.976. The zero-order valence-electron chi connectivity index (χ0n) is 20.9. The molecule has 6 aromatic carbocycles. The van der Waals surface area contributed by atoms with Crippen LogP contribution in [0, 0.1) is 0 Å². The summed E-state index contributed by atoms with van der Waals surface area (Å²) in [6.07, 6.45) is 6.44. The minimum atomic E-state index is 0.895. The van der Waals surface area contributed by atoms with Crippen LogP contribution in [0.3, 0.4) is 0 Å². The van der Waals surface area contributed by atoms with Gasteiger partial charge in [0.05, 0.1) is 0 Å². The zero-order chi connectivity index (χ0) is 25.1. The number of dihydropyridines is 1. The normalized spacial score (nSPS) is 13.4. The molecule has 0 aromatic heterocycles. The lowest BCUT2D eigenvalue weighted by Crippen LogP contribution is -2.08. The molecule has 0 amide bonds. The number of hydrogen-bond donors (Lipinski definition) is 1. The number of nitrogens with one attached hydrogen (secondary N) is 1. The fourth-order valence-electron chi connectivity index (χ4n) is 6.32. The Morgan fingerprint density at radius 3 is 1.71 bits per heavy atom. The fourth-order valence-corrected chi connectivity index (χ4v) is 6.32. The molecule has 0 radical (unpaired) electrons. The molecule has 38 heavy (non-hydrogen) atoms. The molecule has 0 spiro atoms. The molecule has 0 saturated carbocycles. The average molecular weight is 484 g/mol. The molecule has 6 aromatic rings. The number of hydrogen-bond acceptors (Lipinski definition) is 1. The second kappa shape index (κ2) is 8.33. The third kappa shape index (κ3) is 3.12. The van der Waals surface area contributed by atoms with Crippen molar-refractivity contribution in [2.24, 2.45) is 0 Å². The maximum absolute atomic E-state index is 3.31. The highest BCUT2D eigenvalue weighted by Gasteiger charge is 2.22. The molecule has 1 aliphatic carbocycles. The van der Waals surface area contributed by atoms with Crippen molar-refractivity contribution in [1.29, 1.82) is 0 Å². The summed E-state index contributed by atoms with van der Waals surface area (Å²) in [6.45, 7) is 0.895. The van der Waals surface area contributed by atoms with Crippen LogP contribution in [0.4, 0.5) is 0 Å². The van der Waals surface area contributed by atoms with E-state index < -0.39 is 0 Å². The molecule has 0 saturated heterocycles. The third-order valence-electron chi connectivity index (χ3n) is 8.08. The summed E-state index contributed by atoms with van der Waals surface area (Å²) in [5.74, 6) is 0. The van der Waals surface area contributed by atoms with Crippen molar-refractivity contribution >= 4 is 27.1 Å².